The molecule has 5 heteroatoms. The smallest absolute Gasteiger partial charge is 0.337 e. The summed E-state index contributed by atoms with van der Waals surface area (Å²) >= 11 is 1.65. The Hall–Kier alpha value is -2.32. The summed E-state index contributed by atoms with van der Waals surface area (Å²) in [7, 11) is 0. The van der Waals surface area contributed by atoms with Gasteiger partial charge >= 0.3 is 5.97 Å². The summed E-state index contributed by atoms with van der Waals surface area (Å²) in [4.78, 5) is 17.1. The lowest BCUT2D eigenvalue weighted by atomic mass is 9.76. The molecular weight excluding hydrogens is 392 g/mol. The van der Waals surface area contributed by atoms with E-state index in [4.69, 9.17) is 0 Å². The second-order valence-electron chi connectivity index (χ2n) is 9.92. The zero-order valence-corrected chi connectivity index (χ0v) is 18.5. The van der Waals surface area contributed by atoms with E-state index >= 15 is 0 Å². The van der Waals surface area contributed by atoms with E-state index in [0.717, 1.165) is 41.0 Å². The maximum atomic E-state index is 12.5. The van der Waals surface area contributed by atoms with E-state index < -0.39 is 5.97 Å². The first-order valence-corrected chi connectivity index (χ1v) is 11.9. The first kappa shape index (κ1) is 19.6. The SMILES string of the molecule is CC1(C)CCc2sc(-c3cc(C#N)ccc3N3[C@@H]4CCC[C@H]3CC4)c(C(=O)O)c2C1. The van der Waals surface area contributed by atoms with Gasteiger partial charge < -0.3 is 10.0 Å². The van der Waals surface area contributed by atoms with Crippen molar-refractivity contribution in [2.24, 2.45) is 5.41 Å². The van der Waals surface area contributed by atoms with Crippen LogP contribution in [0.5, 0.6) is 0 Å². The average molecular weight is 421 g/mol. The molecule has 0 amide bonds. The largest absolute Gasteiger partial charge is 0.478 e. The number of carbonyl (C=O) groups is 1. The molecule has 2 fully saturated rings. The molecule has 2 atom stereocenters. The molecular formula is C25H28N2O2S. The number of fused-ring (bicyclic) bond motifs is 3. The van der Waals surface area contributed by atoms with Crippen LogP contribution in [0, 0.1) is 16.7 Å². The topological polar surface area (TPSA) is 64.3 Å². The summed E-state index contributed by atoms with van der Waals surface area (Å²) in [5.74, 6) is -0.838. The zero-order chi connectivity index (χ0) is 21.0. The molecule has 2 saturated heterocycles. The number of thiophene rings is 1. The van der Waals surface area contributed by atoms with Crippen LogP contribution in [0.25, 0.3) is 10.4 Å². The fraction of sp³-hybridized carbons (Fsp3) is 0.520. The molecule has 3 aliphatic rings. The minimum absolute atomic E-state index is 0.124. The summed E-state index contributed by atoms with van der Waals surface area (Å²) in [6, 6.07) is 9.24. The summed E-state index contributed by atoms with van der Waals surface area (Å²) in [5, 5.41) is 19.8. The van der Waals surface area contributed by atoms with Crippen LogP contribution < -0.4 is 4.90 Å². The molecule has 4 nitrogen and oxygen atoms in total. The van der Waals surface area contributed by atoms with Crippen LogP contribution in [0.1, 0.15) is 78.7 Å². The highest BCUT2D eigenvalue weighted by atomic mass is 32.1. The molecule has 156 valence electrons. The number of aromatic carboxylic acids is 1. The van der Waals surface area contributed by atoms with Gasteiger partial charge in [-0.1, -0.05) is 13.8 Å². The van der Waals surface area contributed by atoms with Crippen LogP contribution in [0.15, 0.2) is 18.2 Å². The van der Waals surface area contributed by atoms with Crippen LogP contribution in [0.2, 0.25) is 0 Å². The minimum atomic E-state index is -0.838. The average Bonchev–Trinajstić information content (AvgIpc) is 3.19. The summed E-state index contributed by atoms with van der Waals surface area (Å²) in [6.45, 7) is 4.46. The first-order chi connectivity index (χ1) is 14.4. The lowest BCUT2D eigenvalue weighted by Gasteiger charge is -2.38. The number of piperidine rings is 1. The number of aryl methyl sites for hydroxylation is 1. The number of anilines is 1. The highest BCUT2D eigenvalue weighted by Crippen LogP contribution is 2.49. The molecule has 2 aromatic rings. The van der Waals surface area contributed by atoms with E-state index in [9.17, 15) is 15.2 Å². The Morgan fingerprint density at radius 2 is 1.97 bits per heavy atom. The highest BCUT2D eigenvalue weighted by Gasteiger charge is 2.39. The molecule has 1 N–H and O–H groups in total. The molecule has 5 rings (SSSR count). The lowest BCUT2D eigenvalue weighted by Crippen LogP contribution is -2.40. The van der Waals surface area contributed by atoms with Crippen molar-refractivity contribution in [3.63, 3.8) is 0 Å². The van der Waals surface area contributed by atoms with Gasteiger partial charge in [0.1, 0.15) is 0 Å². The van der Waals surface area contributed by atoms with Crippen molar-refractivity contribution in [1.29, 1.82) is 5.26 Å². The van der Waals surface area contributed by atoms with Crippen molar-refractivity contribution in [3.8, 4) is 16.5 Å². The molecule has 30 heavy (non-hydrogen) atoms. The second kappa shape index (κ2) is 7.13. The van der Waals surface area contributed by atoms with Crippen molar-refractivity contribution in [2.45, 2.75) is 77.3 Å². The molecule has 1 aromatic heterocycles. The Kier molecular flexibility index (Phi) is 4.67. The van der Waals surface area contributed by atoms with E-state index in [2.05, 4.69) is 30.9 Å². The number of carboxylic acids is 1. The van der Waals surface area contributed by atoms with E-state index in [1.54, 1.807) is 11.3 Å². The molecule has 1 aromatic carbocycles. The molecule has 3 heterocycles. The minimum Gasteiger partial charge on any atom is -0.478 e. The van der Waals surface area contributed by atoms with Gasteiger partial charge in [0.2, 0.25) is 0 Å². The van der Waals surface area contributed by atoms with Crippen molar-refractivity contribution in [3.05, 3.63) is 39.8 Å². The summed E-state index contributed by atoms with van der Waals surface area (Å²) in [6.07, 6.45) is 8.95. The van der Waals surface area contributed by atoms with E-state index in [-0.39, 0.29) is 5.41 Å². The molecule has 0 radical (unpaired) electrons. The highest BCUT2D eigenvalue weighted by molar-refractivity contribution is 7.16. The Morgan fingerprint density at radius 3 is 2.63 bits per heavy atom. The van der Waals surface area contributed by atoms with E-state index in [1.165, 1.54) is 37.0 Å². The van der Waals surface area contributed by atoms with Gasteiger partial charge in [-0.2, -0.15) is 5.26 Å². The van der Waals surface area contributed by atoms with Crippen molar-refractivity contribution in [2.75, 3.05) is 4.90 Å². The maximum Gasteiger partial charge on any atom is 0.337 e. The van der Waals surface area contributed by atoms with Gasteiger partial charge in [-0.15, -0.1) is 11.3 Å². The van der Waals surface area contributed by atoms with Crippen molar-refractivity contribution < 1.29 is 9.90 Å². The molecule has 0 unspecified atom stereocenters. The van der Waals surface area contributed by atoms with Gasteiger partial charge in [-0.25, -0.2) is 4.79 Å². The number of nitriles is 1. The Morgan fingerprint density at radius 1 is 1.23 bits per heavy atom. The van der Waals surface area contributed by atoms with Crippen LogP contribution in [-0.2, 0) is 12.8 Å². The lowest BCUT2D eigenvalue weighted by molar-refractivity contribution is 0.0696. The first-order valence-electron chi connectivity index (χ1n) is 11.1. The standard InChI is InChI=1S/C25H28N2O2S/c1-25(2)11-10-21-19(13-25)22(24(28)29)23(30-21)18-12-15(14-26)6-9-20(18)27-16-4-3-5-17(27)8-7-16/h6,9,12,16-17H,3-5,7-8,10-11,13H2,1-2H3,(H,28,29)/t16-,17+. The van der Waals surface area contributed by atoms with Crippen molar-refractivity contribution >= 4 is 23.0 Å². The number of carboxylic acid groups (broad SMARTS) is 1. The Bertz CT molecular complexity index is 1050. The zero-order valence-electron chi connectivity index (χ0n) is 17.7. The fourth-order valence-electron chi connectivity index (χ4n) is 5.86. The normalized spacial score (nSPS) is 24.4. The van der Waals surface area contributed by atoms with Gasteiger partial charge in [0.15, 0.2) is 0 Å². The van der Waals surface area contributed by atoms with E-state index in [1.807, 2.05) is 12.1 Å². The second-order valence-corrected chi connectivity index (χ2v) is 11.0. The van der Waals surface area contributed by atoms with Gasteiger partial charge in [-0.3, -0.25) is 0 Å². The molecule has 1 aliphatic carbocycles. The maximum absolute atomic E-state index is 12.5. The Balaban J connectivity index is 1.71. The van der Waals surface area contributed by atoms with Gasteiger partial charge in [-0.05, 0) is 80.5 Å². The van der Waals surface area contributed by atoms with Crippen LogP contribution in [0.3, 0.4) is 0 Å². The van der Waals surface area contributed by atoms with Crippen molar-refractivity contribution in [1.82, 2.24) is 0 Å². The predicted octanol–water partition coefficient (Wildman–Crippen LogP) is 6.02. The summed E-state index contributed by atoms with van der Waals surface area (Å²) in [5.41, 5.74) is 4.29. The fourth-order valence-corrected chi connectivity index (χ4v) is 7.19. The summed E-state index contributed by atoms with van der Waals surface area (Å²) < 4.78 is 0. The quantitative estimate of drug-likeness (QED) is 0.659. The van der Waals surface area contributed by atoms with Gasteiger partial charge in [0.25, 0.3) is 0 Å². The number of nitrogens with zero attached hydrogens (tertiary/aromatic N) is 2. The number of benzene rings is 1. The Labute approximate surface area is 182 Å². The number of hydrogen-bond donors (Lipinski definition) is 1. The third-order valence-electron chi connectivity index (χ3n) is 7.33. The molecule has 0 saturated carbocycles. The third kappa shape index (κ3) is 3.13. The van der Waals surface area contributed by atoms with Crippen LogP contribution in [0.4, 0.5) is 5.69 Å². The molecule has 0 spiro atoms. The van der Waals surface area contributed by atoms with Gasteiger partial charge in [0.05, 0.1) is 22.1 Å². The molecule has 2 bridgehead atoms. The van der Waals surface area contributed by atoms with Crippen LogP contribution >= 0.6 is 11.3 Å². The third-order valence-corrected chi connectivity index (χ3v) is 8.66. The monoisotopic (exact) mass is 420 g/mol. The number of hydrogen-bond acceptors (Lipinski definition) is 4. The van der Waals surface area contributed by atoms with Gasteiger partial charge in [0, 0.05) is 28.2 Å². The predicted molar refractivity (Wildman–Crippen MR) is 120 cm³/mol. The van der Waals surface area contributed by atoms with Crippen LogP contribution in [-0.4, -0.2) is 23.2 Å². The number of rotatable bonds is 3. The van der Waals surface area contributed by atoms with E-state index in [0.29, 0.717) is 23.2 Å². The molecule has 2 aliphatic heterocycles.